The lowest BCUT2D eigenvalue weighted by atomic mass is 10.2. The number of hydrogen-bond acceptors (Lipinski definition) is 3. The van der Waals surface area contributed by atoms with Gasteiger partial charge in [-0.1, -0.05) is 12.1 Å². The van der Waals surface area contributed by atoms with Gasteiger partial charge < -0.3 is 5.11 Å². The fraction of sp³-hybridized carbons (Fsp3) is 0. The Kier molecular flexibility index (Phi) is 2.09. The monoisotopic (exact) mass is 205 g/mol. The van der Waals surface area contributed by atoms with Crippen LogP contribution in [0, 0.1) is 0 Å². The second-order valence-electron chi connectivity index (χ2n) is 2.86. The lowest BCUT2D eigenvalue weighted by Crippen LogP contribution is -2.16. The van der Waals surface area contributed by atoms with Crippen LogP contribution in [-0.2, 0) is 0 Å². The molecule has 0 fully saturated rings. The van der Waals surface area contributed by atoms with Crippen molar-refractivity contribution in [1.82, 2.24) is 9.97 Å². The zero-order chi connectivity index (χ0) is 10.8. The summed E-state index contributed by atoms with van der Waals surface area (Å²) in [5.41, 5.74) is 0.0781. The molecule has 15 heavy (non-hydrogen) atoms. The summed E-state index contributed by atoms with van der Waals surface area (Å²) < 4.78 is 0. The van der Waals surface area contributed by atoms with Crippen LogP contribution in [-0.4, -0.2) is 21.2 Å². The molecule has 0 aliphatic carbocycles. The number of carbonyl (C=O) groups is 1. The Bertz CT molecular complexity index is 576. The fourth-order valence-corrected chi connectivity index (χ4v) is 1.25. The second kappa shape index (κ2) is 3.41. The van der Waals surface area contributed by atoms with E-state index in [1.54, 1.807) is 24.3 Å². The van der Waals surface area contributed by atoms with Crippen LogP contribution in [0.5, 0.6) is 0 Å². The second-order valence-corrected chi connectivity index (χ2v) is 2.86. The third kappa shape index (κ3) is 1.78. The quantitative estimate of drug-likeness (QED) is 0.647. The Hall–Kier alpha value is -2.37. The largest absolute Gasteiger partial charge is 0.465 e. The van der Waals surface area contributed by atoms with Crippen molar-refractivity contribution in [2.24, 2.45) is 0 Å². The van der Waals surface area contributed by atoms with E-state index >= 15 is 0 Å². The van der Waals surface area contributed by atoms with Crippen LogP contribution in [0.25, 0.3) is 10.9 Å². The van der Waals surface area contributed by atoms with E-state index in [-0.39, 0.29) is 11.5 Å². The number of benzene rings is 1. The van der Waals surface area contributed by atoms with Gasteiger partial charge in [-0.05, 0) is 12.1 Å². The van der Waals surface area contributed by atoms with Crippen molar-refractivity contribution in [2.45, 2.75) is 0 Å². The van der Waals surface area contributed by atoms with Gasteiger partial charge in [0.1, 0.15) is 0 Å². The highest BCUT2D eigenvalue weighted by molar-refractivity contribution is 5.83. The predicted octanol–water partition coefficient (Wildman–Crippen LogP) is 1.01. The summed E-state index contributed by atoms with van der Waals surface area (Å²) in [5.74, 6) is -0.0776. The normalized spacial score (nSPS) is 10.1. The number of anilines is 1. The molecule has 0 aliphatic rings. The van der Waals surface area contributed by atoms with E-state index in [4.69, 9.17) is 5.11 Å². The highest BCUT2D eigenvalue weighted by Crippen LogP contribution is 2.07. The lowest BCUT2D eigenvalue weighted by Gasteiger charge is -2.00. The minimum absolute atomic E-state index is 0.0776. The Morgan fingerprint density at radius 3 is 2.87 bits per heavy atom. The first kappa shape index (κ1) is 9.20. The topological polar surface area (TPSA) is 95.1 Å². The molecule has 0 spiro atoms. The molecule has 0 saturated heterocycles. The number of para-hydroxylation sites is 1. The van der Waals surface area contributed by atoms with Crippen molar-refractivity contribution < 1.29 is 9.90 Å². The molecule has 6 nitrogen and oxygen atoms in total. The molecule has 0 unspecified atom stereocenters. The molecule has 0 saturated carbocycles. The number of amides is 1. The maximum absolute atomic E-state index is 11.5. The van der Waals surface area contributed by atoms with Crippen LogP contribution in [0.1, 0.15) is 0 Å². The van der Waals surface area contributed by atoms with Crippen LogP contribution in [0.3, 0.4) is 0 Å². The zero-order valence-corrected chi connectivity index (χ0v) is 7.52. The van der Waals surface area contributed by atoms with E-state index in [2.05, 4.69) is 9.97 Å². The molecule has 0 radical (unpaired) electrons. The summed E-state index contributed by atoms with van der Waals surface area (Å²) in [4.78, 5) is 28.0. The van der Waals surface area contributed by atoms with E-state index in [0.717, 1.165) is 0 Å². The van der Waals surface area contributed by atoms with Gasteiger partial charge in [0.25, 0.3) is 5.56 Å². The SMILES string of the molecule is O=C(O)Nc1nc2ccccc2c(=O)[nH]1. The summed E-state index contributed by atoms with van der Waals surface area (Å²) in [6.07, 6.45) is -1.27. The van der Waals surface area contributed by atoms with Crippen molar-refractivity contribution in [1.29, 1.82) is 0 Å². The molecule has 0 atom stereocenters. The van der Waals surface area contributed by atoms with Gasteiger partial charge in [-0.3, -0.25) is 15.1 Å². The Morgan fingerprint density at radius 1 is 1.40 bits per heavy atom. The van der Waals surface area contributed by atoms with E-state index in [1.165, 1.54) is 0 Å². The van der Waals surface area contributed by atoms with Gasteiger partial charge in [0.2, 0.25) is 5.95 Å². The first-order chi connectivity index (χ1) is 7.16. The number of fused-ring (bicyclic) bond motifs is 1. The number of rotatable bonds is 1. The number of aromatic amines is 1. The van der Waals surface area contributed by atoms with Gasteiger partial charge in [0.15, 0.2) is 0 Å². The number of carboxylic acid groups (broad SMARTS) is 1. The van der Waals surface area contributed by atoms with Crippen molar-refractivity contribution in [3.05, 3.63) is 34.6 Å². The lowest BCUT2D eigenvalue weighted by molar-refractivity contribution is 0.209. The minimum Gasteiger partial charge on any atom is -0.465 e. The Morgan fingerprint density at radius 2 is 2.13 bits per heavy atom. The Balaban J connectivity index is 2.62. The first-order valence-corrected chi connectivity index (χ1v) is 4.16. The molecule has 6 heteroatoms. The molecule has 0 aliphatic heterocycles. The Labute approximate surface area is 83.6 Å². The van der Waals surface area contributed by atoms with E-state index in [0.29, 0.717) is 10.9 Å². The zero-order valence-electron chi connectivity index (χ0n) is 7.52. The number of hydrogen-bond donors (Lipinski definition) is 3. The third-order valence-corrected chi connectivity index (χ3v) is 1.84. The molecule has 76 valence electrons. The summed E-state index contributed by atoms with van der Waals surface area (Å²) in [5, 5.41) is 10.9. The minimum atomic E-state index is -1.27. The summed E-state index contributed by atoms with van der Waals surface area (Å²) in [7, 11) is 0. The van der Waals surface area contributed by atoms with Gasteiger partial charge >= 0.3 is 6.09 Å². The van der Waals surface area contributed by atoms with Gasteiger partial charge in [0.05, 0.1) is 10.9 Å². The van der Waals surface area contributed by atoms with Crippen molar-refractivity contribution >= 4 is 22.9 Å². The highest BCUT2D eigenvalue weighted by atomic mass is 16.4. The maximum atomic E-state index is 11.5. The van der Waals surface area contributed by atoms with E-state index < -0.39 is 6.09 Å². The molecule has 2 rings (SSSR count). The van der Waals surface area contributed by atoms with Crippen LogP contribution in [0.15, 0.2) is 29.1 Å². The smallest absolute Gasteiger partial charge is 0.411 e. The average Bonchev–Trinajstić information content (AvgIpc) is 2.16. The third-order valence-electron chi connectivity index (χ3n) is 1.84. The summed E-state index contributed by atoms with van der Waals surface area (Å²) >= 11 is 0. The van der Waals surface area contributed by atoms with Crippen molar-refractivity contribution in [3.63, 3.8) is 0 Å². The van der Waals surface area contributed by atoms with E-state index in [1.807, 2.05) is 5.32 Å². The number of nitrogens with one attached hydrogen (secondary N) is 2. The average molecular weight is 205 g/mol. The molecule has 1 amide bonds. The van der Waals surface area contributed by atoms with Gasteiger partial charge in [0, 0.05) is 0 Å². The van der Waals surface area contributed by atoms with E-state index in [9.17, 15) is 9.59 Å². The van der Waals surface area contributed by atoms with Crippen molar-refractivity contribution in [3.8, 4) is 0 Å². The van der Waals surface area contributed by atoms with Crippen LogP contribution >= 0.6 is 0 Å². The number of H-pyrrole nitrogens is 1. The van der Waals surface area contributed by atoms with Crippen LogP contribution in [0.4, 0.5) is 10.7 Å². The fourth-order valence-electron chi connectivity index (χ4n) is 1.25. The van der Waals surface area contributed by atoms with Crippen LogP contribution in [0.2, 0.25) is 0 Å². The molecule has 2 aromatic rings. The maximum Gasteiger partial charge on any atom is 0.411 e. The van der Waals surface area contributed by atoms with Gasteiger partial charge in [-0.2, -0.15) is 0 Å². The predicted molar refractivity (Wildman–Crippen MR) is 54.0 cm³/mol. The molecule has 1 aromatic carbocycles. The number of aromatic nitrogens is 2. The molecule has 1 aromatic heterocycles. The molecule has 3 N–H and O–H groups in total. The number of nitrogens with zero attached hydrogens (tertiary/aromatic N) is 1. The molecular weight excluding hydrogens is 198 g/mol. The van der Waals surface area contributed by atoms with Gasteiger partial charge in [-0.15, -0.1) is 0 Å². The summed E-state index contributed by atoms with van der Waals surface area (Å²) in [6, 6.07) is 6.69. The highest BCUT2D eigenvalue weighted by Gasteiger charge is 2.04. The standard InChI is InChI=1S/C9H7N3O3/c13-7-5-3-1-2-4-6(5)10-8(11-7)12-9(14)15/h1-4H,(H,14,15)(H2,10,11,12,13). The molecular formula is C9H7N3O3. The molecule has 0 bridgehead atoms. The van der Waals surface area contributed by atoms with Crippen molar-refractivity contribution in [2.75, 3.05) is 5.32 Å². The van der Waals surface area contributed by atoms with Crippen LogP contribution < -0.4 is 10.9 Å². The summed E-state index contributed by atoms with van der Waals surface area (Å²) in [6.45, 7) is 0. The first-order valence-electron chi connectivity index (χ1n) is 4.16. The van der Waals surface area contributed by atoms with Gasteiger partial charge in [-0.25, -0.2) is 9.78 Å². The molecule has 1 heterocycles.